The van der Waals surface area contributed by atoms with Gasteiger partial charge in [-0.25, -0.2) is 0 Å². The van der Waals surface area contributed by atoms with Crippen LogP contribution in [0.5, 0.6) is 11.5 Å². The van der Waals surface area contributed by atoms with E-state index in [0.29, 0.717) is 30.1 Å². The van der Waals surface area contributed by atoms with Gasteiger partial charge in [-0.3, -0.25) is 4.79 Å². The summed E-state index contributed by atoms with van der Waals surface area (Å²) in [5.74, 6) is 0.831. The molecule has 3 rings (SSSR count). The lowest BCUT2D eigenvalue weighted by molar-refractivity contribution is -0.107. The maximum absolute atomic E-state index is 12.2. The van der Waals surface area contributed by atoms with Crippen LogP contribution in [0.1, 0.15) is 16.8 Å². The van der Waals surface area contributed by atoms with Crippen LogP contribution in [0.3, 0.4) is 0 Å². The van der Waals surface area contributed by atoms with Crippen molar-refractivity contribution >= 4 is 5.91 Å². The number of amides is 1. The second kappa shape index (κ2) is 5.88. The first-order valence-corrected chi connectivity index (χ1v) is 6.80. The zero-order chi connectivity index (χ0) is 14.8. The number of carbonyl (C=O) groups excluding carboxylic acids is 1. The Kier molecular flexibility index (Phi) is 3.96. The molecule has 1 fully saturated rings. The average Bonchev–Trinajstić information content (AvgIpc) is 2.96. The van der Waals surface area contributed by atoms with Crippen LogP contribution in [0.25, 0.3) is 0 Å². The molecule has 7 nitrogen and oxygen atoms in total. The lowest BCUT2D eigenvalue weighted by atomic mass is 9.99. The van der Waals surface area contributed by atoms with Gasteiger partial charge in [-0.1, -0.05) is 0 Å². The average molecular weight is 295 g/mol. The van der Waals surface area contributed by atoms with Crippen LogP contribution in [0.4, 0.5) is 0 Å². The van der Waals surface area contributed by atoms with E-state index in [1.807, 2.05) is 0 Å². The van der Waals surface area contributed by atoms with Crippen LogP contribution in [0, 0.1) is 0 Å². The third kappa shape index (κ3) is 2.80. The van der Waals surface area contributed by atoms with Gasteiger partial charge in [0.05, 0.1) is 12.6 Å². The molecule has 0 bridgehead atoms. The van der Waals surface area contributed by atoms with E-state index in [0.717, 1.165) is 0 Å². The Morgan fingerprint density at radius 3 is 2.95 bits per heavy atom. The van der Waals surface area contributed by atoms with Gasteiger partial charge in [0.2, 0.25) is 6.79 Å². The Labute approximate surface area is 121 Å². The summed E-state index contributed by atoms with van der Waals surface area (Å²) >= 11 is 0. The van der Waals surface area contributed by atoms with Crippen LogP contribution in [0.2, 0.25) is 0 Å². The highest BCUT2D eigenvalue weighted by Crippen LogP contribution is 2.32. The molecule has 1 aromatic rings. The molecule has 0 unspecified atom stereocenters. The third-order valence-corrected chi connectivity index (χ3v) is 3.69. The van der Waals surface area contributed by atoms with Gasteiger partial charge in [0.15, 0.2) is 11.5 Å². The van der Waals surface area contributed by atoms with Crippen molar-refractivity contribution in [2.45, 2.75) is 24.7 Å². The first-order chi connectivity index (χ1) is 10.2. The maximum atomic E-state index is 12.2. The Morgan fingerprint density at radius 2 is 2.14 bits per heavy atom. The molecule has 2 aliphatic heterocycles. The van der Waals surface area contributed by atoms with Crippen molar-refractivity contribution in [1.29, 1.82) is 0 Å². The van der Waals surface area contributed by atoms with Crippen LogP contribution >= 0.6 is 0 Å². The number of benzene rings is 1. The predicted molar refractivity (Wildman–Crippen MR) is 71.3 cm³/mol. The van der Waals surface area contributed by atoms with Gasteiger partial charge in [-0.2, -0.15) is 0 Å². The van der Waals surface area contributed by atoms with Gasteiger partial charge in [0.25, 0.3) is 5.91 Å². The number of rotatable bonds is 3. The zero-order valence-corrected chi connectivity index (χ0v) is 11.3. The maximum Gasteiger partial charge on any atom is 0.251 e. The monoisotopic (exact) mass is 295 g/mol. The number of aliphatic hydroxyl groups is 2. The van der Waals surface area contributed by atoms with E-state index >= 15 is 0 Å². The second-order valence-electron chi connectivity index (χ2n) is 5.02. The fourth-order valence-electron chi connectivity index (χ4n) is 2.48. The van der Waals surface area contributed by atoms with Crippen molar-refractivity contribution < 1.29 is 29.2 Å². The van der Waals surface area contributed by atoms with E-state index in [1.165, 1.54) is 0 Å². The molecule has 114 valence electrons. The molecular formula is C14H17NO6. The Morgan fingerprint density at radius 1 is 1.33 bits per heavy atom. The fourth-order valence-corrected chi connectivity index (χ4v) is 2.48. The number of hydrogen-bond acceptors (Lipinski definition) is 6. The van der Waals surface area contributed by atoms with E-state index in [-0.39, 0.29) is 19.3 Å². The number of aliphatic hydroxyl groups excluding tert-OH is 2. The summed E-state index contributed by atoms with van der Waals surface area (Å²) in [6.45, 7) is 0.253. The Hall–Kier alpha value is -1.83. The van der Waals surface area contributed by atoms with Gasteiger partial charge >= 0.3 is 0 Å². The Bertz CT molecular complexity index is 534. The molecule has 1 aromatic carbocycles. The zero-order valence-electron chi connectivity index (χ0n) is 11.3. The molecule has 3 N–H and O–H groups in total. The molecule has 2 heterocycles. The molecule has 7 heteroatoms. The molecule has 0 saturated carbocycles. The van der Waals surface area contributed by atoms with Gasteiger partial charge in [0, 0.05) is 12.2 Å². The summed E-state index contributed by atoms with van der Waals surface area (Å²) in [5.41, 5.74) is 0.429. The van der Waals surface area contributed by atoms with E-state index in [9.17, 15) is 9.90 Å². The molecule has 1 saturated heterocycles. The van der Waals surface area contributed by atoms with Crippen molar-refractivity contribution in [3.63, 3.8) is 0 Å². The first-order valence-electron chi connectivity index (χ1n) is 6.80. The molecule has 1 amide bonds. The SMILES string of the molecule is O=C(N[C@H]1CCO[C@H](CO)[C@H]1O)c1ccc2c(c1)OCO2. The van der Waals surface area contributed by atoms with Crippen LogP contribution < -0.4 is 14.8 Å². The molecule has 0 radical (unpaired) electrons. The van der Waals surface area contributed by atoms with Crippen LogP contribution in [0.15, 0.2) is 18.2 Å². The second-order valence-corrected chi connectivity index (χ2v) is 5.02. The quantitative estimate of drug-likeness (QED) is 0.705. The molecule has 2 aliphatic rings. The minimum atomic E-state index is -0.929. The van der Waals surface area contributed by atoms with Crippen molar-refractivity contribution in [2.75, 3.05) is 20.0 Å². The summed E-state index contributed by atoms with van der Waals surface area (Å²) in [6.07, 6.45) is -1.10. The predicted octanol–water partition coefficient (Wildman–Crippen LogP) is -0.344. The van der Waals surface area contributed by atoms with Crippen molar-refractivity contribution in [2.24, 2.45) is 0 Å². The van der Waals surface area contributed by atoms with Crippen molar-refractivity contribution in [3.8, 4) is 11.5 Å². The standard InChI is InChI=1S/C14H17NO6/c16-6-12-13(17)9(3-4-19-12)15-14(18)8-1-2-10-11(5-8)21-7-20-10/h1-2,5,9,12-13,16-17H,3-4,6-7H2,(H,15,18)/t9-,12+,13-/m0/s1. The van der Waals surface area contributed by atoms with E-state index in [2.05, 4.69) is 5.32 Å². The van der Waals surface area contributed by atoms with Crippen molar-refractivity contribution in [1.82, 2.24) is 5.32 Å². The van der Waals surface area contributed by atoms with Crippen LogP contribution in [-0.2, 0) is 4.74 Å². The number of ether oxygens (including phenoxy) is 3. The molecular weight excluding hydrogens is 278 g/mol. The third-order valence-electron chi connectivity index (χ3n) is 3.69. The lowest BCUT2D eigenvalue weighted by Gasteiger charge is -2.34. The number of nitrogens with one attached hydrogen (secondary N) is 1. The van der Waals surface area contributed by atoms with E-state index < -0.39 is 18.2 Å². The summed E-state index contributed by atoms with van der Waals surface area (Å²) in [6, 6.07) is 4.47. The summed E-state index contributed by atoms with van der Waals surface area (Å²) in [4.78, 5) is 12.2. The van der Waals surface area contributed by atoms with Gasteiger partial charge in [-0.15, -0.1) is 0 Å². The van der Waals surface area contributed by atoms with Gasteiger partial charge < -0.3 is 29.7 Å². The minimum absolute atomic E-state index is 0.150. The number of hydrogen-bond donors (Lipinski definition) is 3. The highest BCUT2D eigenvalue weighted by Gasteiger charge is 2.33. The summed E-state index contributed by atoms with van der Waals surface area (Å²) < 4.78 is 15.7. The number of fused-ring (bicyclic) bond motifs is 1. The normalized spacial score (nSPS) is 27.4. The Balaban J connectivity index is 1.68. The summed E-state index contributed by atoms with van der Waals surface area (Å²) in [7, 11) is 0. The lowest BCUT2D eigenvalue weighted by Crippen LogP contribution is -2.54. The van der Waals surface area contributed by atoms with Gasteiger partial charge in [0.1, 0.15) is 12.2 Å². The topological polar surface area (TPSA) is 97.3 Å². The summed E-state index contributed by atoms with van der Waals surface area (Å²) in [5, 5.41) is 21.9. The van der Waals surface area contributed by atoms with Crippen LogP contribution in [-0.4, -0.2) is 54.4 Å². The van der Waals surface area contributed by atoms with E-state index in [4.69, 9.17) is 19.3 Å². The molecule has 21 heavy (non-hydrogen) atoms. The number of carbonyl (C=O) groups is 1. The van der Waals surface area contributed by atoms with Gasteiger partial charge in [-0.05, 0) is 24.6 Å². The largest absolute Gasteiger partial charge is 0.454 e. The molecule has 0 spiro atoms. The highest BCUT2D eigenvalue weighted by atomic mass is 16.7. The molecule has 0 aliphatic carbocycles. The fraction of sp³-hybridized carbons (Fsp3) is 0.500. The van der Waals surface area contributed by atoms with Crippen molar-refractivity contribution in [3.05, 3.63) is 23.8 Å². The minimum Gasteiger partial charge on any atom is -0.454 e. The smallest absolute Gasteiger partial charge is 0.251 e. The van der Waals surface area contributed by atoms with E-state index in [1.54, 1.807) is 18.2 Å². The molecule has 0 aromatic heterocycles. The highest BCUT2D eigenvalue weighted by molar-refractivity contribution is 5.95. The molecule has 3 atom stereocenters. The first kappa shape index (κ1) is 14.1.